The van der Waals surface area contributed by atoms with Gasteiger partial charge in [-0.15, -0.1) is 0 Å². The predicted octanol–water partition coefficient (Wildman–Crippen LogP) is 5.48. The topological polar surface area (TPSA) is 74.8 Å². The smallest absolute Gasteiger partial charge is 0.416 e. The molecular weight excluding hydrogens is 483 g/mol. The number of hydrogen-bond donors (Lipinski definition) is 0. The molecule has 3 aromatic heterocycles. The van der Waals surface area contributed by atoms with Gasteiger partial charge in [-0.3, -0.25) is 9.78 Å². The van der Waals surface area contributed by atoms with E-state index in [1.54, 1.807) is 25.3 Å². The van der Waals surface area contributed by atoms with E-state index in [0.717, 1.165) is 23.4 Å². The molecule has 0 aliphatic heterocycles. The summed E-state index contributed by atoms with van der Waals surface area (Å²) in [6, 6.07) is 18.7. The van der Waals surface area contributed by atoms with Gasteiger partial charge in [0.25, 0.3) is 0 Å². The molecule has 0 bridgehead atoms. The number of benzene rings is 2. The zero-order valence-corrected chi connectivity index (χ0v) is 19.8. The second kappa shape index (κ2) is 9.38. The molecule has 37 heavy (non-hydrogen) atoms. The number of pyridine rings is 1. The first kappa shape index (κ1) is 24.0. The molecule has 0 aliphatic carbocycles. The molecular formula is C27H20F3N5O2. The van der Waals surface area contributed by atoms with Crippen molar-refractivity contribution in [3.63, 3.8) is 0 Å². The summed E-state index contributed by atoms with van der Waals surface area (Å²) >= 11 is 0. The lowest BCUT2D eigenvalue weighted by Crippen LogP contribution is -2.15. The summed E-state index contributed by atoms with van der Waals surface area (Å²) in [5.74, 6) is 0.493. The van der Waals surface area contributed by atoms with E-state index in [0.29, 0.717) is 17.1 Å². The Hall–Kier alpha value is -4.73. The van der Waals surface area contributed by atoms with Crippen LogP contribution in [0.5, 0.6) is 5.75 Å². The number of alkyl halides is 3. The highest BCUT2D eigenvalue weighted by atomic mass is 19.4. The number of aryl methyl sites for hydroxylation is 1. The van der Waals surface area contributed by atoms with Crippen LogP contribution in [0, 0.1) is 6.92 Å². The van der Waals surface area contributed by atoms with Crippen molar-refractivity contribution in [1.29, 1.82) is 0 Å². The van der Waals surface area contributed by atoms with E-state index < -0.39 is 17.2 Å². The summed E-state index contributed by atoms with van der Waals surface area (Å²) in [5.41, 5.74) is 1.89. The Balaban J connectivity index is 1.61. The number of hydrogen-bond acceptors (Lipinski definition) is 5. The average Bonchev–Trinajstić information content (AvgIpc) is 3.30. The molecule has 5 rings (SSSR count). The first-order chi connectivity index (χ1) is 17.7. The molecule has 0 unspecified atom stereocenters. The van der Waals surface area contributed by atoms with E-state index in [4.69, 9.17) is 4.74 Å². The molecule has 5 aromatic rings. The Morgan fingerprint density at radius 2 is 1.76 bits per heavy atom. The third-order valence-electron chi connectivity index (χ3n) is 5.69. The molecule has 0 saturated heterocycles. The van der Waals surface area contributed by atoms with Crippen LogP contribution in [0.15, 0.2) is 90.0 Å². The Bertz CT molecular complexity index is 1640. The largest absolute Gasteiger partial charge is 0.494 e. The second-order valence-corrected chi connectivity index (χ2v) is 8.21. The third kappa shape index (κ3) is 4.73. The van der Waals surface area contributed by atoms with Crippen LogP contribution < -0.4 is 10.2 Å². The number of ether oxygens (including phenoxy) is 1. The predicted molar refractivity (Wildman–Crippen MR) is 132 cm³/mol. The van der Waals surface area contributed by atoms with Gasteiger partial charge < -0.3 is 4.74 Å². The molecule has 0 fully saturated rings. The lowest BCUT2D eigenvalue weighted by Gasteiger charge is -2.14. The molecule has 3 heterocycles. The minimum absolute atomic E-state index is 0.0244. The van der Waals surface area contributed by atoms with Crippen LogP contribution in [-0.4, -0.2) is 31.7 Å². The van der Waals surface area contributed by atoms with Gasteiger partial charge in [0.15, 0.2) is 5.69 Å². The van der Waals surface area contributed by atoms with E-state index in [-0.39, 0.29) is 17.1 Å². The first-order valence-corrected chi connectivity index (χ1v) is 11.2. The molecule has 10 heteroatoms. The van der Waals surface area contributed by atoms with Gasteiger partial charge in [0.2, 0.25) is 5.43 Å². The Morgan fingerprint density at radius 1 is 0.919 bits per heavy atom. The van der Waals surface area contributed by atoms with Crippen LogP contribution in [0.25, 0.3) is 34.0 Å². The molecule has 0 spiro atoms. The van der Waals surface area contributed by atoms with Crippen molar-refractivity contribution in [3.05, 3.63) is 107 Å². The fraction of sp³-hybridized carbons (Fsp3) is 0.111. The molecule has 0 N–H and O–H groups in total. The van der Waals surface area contributed by atoms with Crippen LogP contribution in [0.4, 0.5) is 13.2 Å². The van der Waals surface area contributed by atoms with E-state index in [2.05, 4.69) is 15.2 Å². The molecule has 7 nitrogen and oxygen atoms in total. The van der Waals surface area contributed by atoms with Crippen molar-refractivity contribution in [2.75, 3.05) is 7.11 Å². The normalized spacial score (nSPS) is 11.5. The van der Waals surface area contributed by atoms with Crippen molar-refractivity contribution < 1.29 is 17.9 Å². The quantitative estimate of drug-likeness (QED) is 0.317. The van der Waals surface area contributed by atoms with Crippen molar-refractivity contribution in [2.24, 2.45) is 0 Å². The zero-order chi connectivity index (χ0) is 26.2. The Kier molecular flexibility index (Phi) is 6.08. The summed E-state index contributed by atoms with van der Waals surface area (Å²) in [7, 11) is 1.52. The second-order valence-electron chi connectivity index (χ2n) is 8.21. The Labute approximate surface area is 209 Å². The summed E-state index contributed by atoms with van der Waals surface area (Å²) < 4.78 is 48.3. The number of methoxy groups -OCH3 is 1. The minimum Gasteiger partial charge on any atom is -0.494 e. The highest BCUT2D eigenvalue weighted by molar-refractivity contribution is 5.65. The maximum Gasteiger partial charge on any atom is 0.416 e. The van der Waals surface area contributed by atoms with E-state index in [9.17, 15) is 18.0 Å². The van der Waals surface area contributed by atoms with Gasteiger partial charge in [0.1, 0.15) is 11.4 Å². The van der Waals surface area contributed by atoms with Crippen LogP contribution in [0.3, 0.4) is 0 Å². The van der Waals surface area contributed by atoms with Crippen LogP contribution in [0.1, 0.15) is 11.3 Å². The van der Waals surface area contributed by atoms with Crippen molar-refractivity contribution in [3.8, 4) is 39.8 Å². The molecule has 0 amide bonds. The third-order valence-corrected chi connectivity index (χ3v) is 5.69. The van der Waals surface area contributed by atoms with Crippen LogP contribution in [-0.2, 0) is 6.18 Å². The van der Waals surface area contributed by atoms with Gasteiger partial charge >= 0.3 is 6.18 Å². The van der Waals surface area contributed by atoms with Gasteiger partial charge in [0, 0.05) is 24.0 Å². The first-order valence-electron chi connectivity index (χ1n) is 11.2. The number of rotatable bonds is 5. The summed E-state index contributed by atoms with van der Waals surface area (Å²) in [4.78, 5) is 17.2. The maximum absolute atomic E-state index is 13.3. The van der Waals surface area contributed by atoms with E-state index in [1.807, 2.05) is 30.3 Å². The zero-order valence-electron chi connectivity index (χ0n) is 19.8. The molecule has 0 atom stereocenters. The van der Waals surface area contributed by atoms with Gasteiger partial charge in [-0.25, -0.2) is 9.36 Å². The molecule has 0 saturated carbocycles. The average molecular weight is 503 g/mol. The SMILES string of the molecule is COc1cc(-c2ccccn2)ccc1-n1ccc(=O)c(-c2cc(C)nn2-c2cccc(C(F)(F)F)c2)n1. The van der Waals surface area contributed by atoms with Gasteiger partial charge in [-0.05, 0) is 55.5 Å². The van der Waals surface area contributed by atoms with Gasteiger partial charge in [0.05, 0.1) is 35.4 Å². The fourth-order valence-corrected chi connectivity index (χ4v) is 3.96. The van der Waals surface area contributed by atoms with Crippen molar-refractivity contribution >= 4 is 0 Å². The van der Waals surface area contributed by atoms with Crippen molar-refractivity contribution in [2.45, 2.75) is 13.1 Å². The van der Waals surface area contributed by atoms with Crippen molar-refractivity contribution in [1.82, 2.24) is 24.5 Å². The number of aromatic nitrogens is 5. The summed E-state index contributed by atoms with van der Waals surface area (Å²) in [6.07, 6.45) is -1.32. The molecule has 0 aliphatic rings. The van der Waals surface area contributed by atoms with Gasteiger partial charge in [-0.2, -0.15) is 23.4 Å². The van der Waals surface area contributed by atoms with E-state index in [1.165, 1.54) is 40.9 Å². The monoisotopic (exact) mass is 503 g/mol. The molecule has 0 radical (unpaired) electrons. The summed E-state index contributed by atoms with van der Waals surface area (Å²) in [6.45, 7) is 1.69. The standard InChI is InChI=1S/C27H20F3N5O2/c1-17-14-23(35(32-17)20-7-5-6-19(16-20)27(28,29)30)26-24(36)11-13-34(33-26)22-10-9-18(15-25(22)37-2)21-8-3-4-12-31-21/h3-16H,1-2H3. The van der Waals surface area contributed by atoms with Gasteiger partial charge in [-0.1, -0.05) is 18.2 Å². The minimum atomic E-state index is -4.52. The number of nitrogens with zero attached hydrogens (tertiary/aromatic N) is 5. The lowest BCUT2D eigenvalue weighted by atomic mass is 10.1. The highest BCUT2D eigenvalue weighted by Gasteiger charge is 2.31. The molecule has 2 aromatic carbocycles. The highest BCUT2D eigenvalue weighted by Crippen LogP contribution is 2.32. The molecule has 186 valence electrons. The fourth-order valence-electron chi connectivity index (χ4n) is 3.96. The lowest BCUT2D eigenvalue weighted by molar-refractivity contribution is -0.137. The van der Waals surface area contributed by atoms with Crippen LogP contribution >= 0.6 is 0 Å². The van der Waals surface area contributed by atoms with E-state index >= 15 is 0 Å². The van der Waals surface area contributed by atoms with Crippen LogP contribution in [0.2, 0.25) is 0 Å². The maximum atomic E-state index is 13.3. The summed E-state index contributed by atoms with van der Waals surface area (Å²) in [5, 5.41) is 8.85. The Morgan fingerprint density at radius 3 is 2.49 bits per heavy atom. The number of halogens is 3.